The Hall–Kier alpha value is -0.620. The summed E-state index contributed by atoms with van der Waals surface area (Å²) in [5.74, 6) is 1.04. The zero-order valence-electron chi connectivity index (χ0n) is 13.5. The summed E-state index contributed by atoms with van der Waals surface area (Å²) >= 11 is 0. The minimum atomic E-state index is -2.93. The fourth-order valence-electron chi connectivity index (χ4n) is 3.99. The van der Waals surface area contributed by atoms with E-state index >= 15 is 0 Å². The average molecular weight is 328 g/mol. The van der Waals surface area contributed by atoms with Crippen LogP contribution in [0.25, 0.3) is 0 Å². The quantitative estimate of drug-likeness (QED) is 0.763. The third-order valence-corrected chi connectivity index (χ3v) is 7.24. The van der Waals surface area contributed by atoms with Crippen LogP contribution in [0.5, 0.6) is 0 Å². The van der Waals surface area contributed by atoms with E-state index in [1.165, 1.54) is 12.8 Å². The molecule has 0 bridgehead atoms. The molecule has 0 radical (unpaired) electrons. The molecule has 2 aliphatic heterocycles. The Morgan fingerprint density at radius 2 is 1.82 bits per heavy atom. The molecule has 0 aromatic carbocycles. The van der Waals surface area contributed by atoms with Gasteiger partial charge in [-0.15, -0.1) is 0 Å². The van der Waals surface area contributed by atoms with Crippen molar-refractivity contribution in [1.29, 1.82) is 0 Å². The zero-order valence-corrected chi connectivity index (χ0v) is 14.4. The lowest BCUT2D eigenvalue weighted by molar-refractivity contribution is -0.134. The molecule has 2 heterocycles. The zero-order chi connectivity index (χ0) is 15.7. The molecule has 6 heteroatoms. The number of rotatable bonds is 5. The van der Waals surface area contributed by atoms with E-state index in [9.17, 15) is 13.2 Å². The smallest absolute Gasteiger partial charge is 0.223 e. The van der Waals surface area contributed by atoms with Gasteiger partial charge < -0.3 is 9.80 Å². The lowest BCUT2D eigenvalue weighted by Gasteiger charge is -2.34. The number of carbonyl (C=O) groups is 1. The summed E-state index contributed by atoms with van der Waals surface area (Å²) in [5.41, 5.74) is 0. The molecule has 1 saturated carbocycles. The van der Waals surface area contributed by atoms with Crippen molar-refractivity contribution in [1.82, 2.24) is 9.80 Å². The summed E-state index contributed by atoms with van der Waals surface area (Å²) in [6, 6.07) is 0.738. The molecule has 0 aromatic heterocycles. The standard InChI is InChI=1S/C16H28N2O3S/c1-2-18(15-7-10-22(20,21)12-15)16(19)11-13-5-8-17(9-6-13)14-3-4-14/h13-15H,2-12H2,1H3. The molecular weight excluding hydrogens is 300 g/mol. The normalized spacial score (nSPS) is 29.6. The molecule has 0 spiro atoms. The number of amides is 1. The van der Waals surface area contributed by atoms with Gasteiger partial charge in [0.15, 0.2) is 9.84 Å². The van der Waals surface area contributed by atoms with Crippen LogP contribution in [0.3, 0.4) is 0 Å². The first-order valence-electron chi connectivity index (χ1n) is 8.72. The predicted octanol–water partition coefficient (Wildman–Crippen LogP) is 1.29. The fraction of sp³-hybridized carbons (Fsp3) is 0.938. The maximum Gasteiger partial charge on any atom is 0.223 e. The average Bonchev–Trinajstić information content (AvgIpc) is 3.25. The summed E-state index contributed by atoms with van der Waals surface area (Å²) in [6.07, 6.45) is 6.14. The molecule has 22 heavy (non-hydrogen) atoms. The van der Waals surface area contributed by atoms with E-state index in [1.807, 2.05) is 11.8 Å². The van der Waals surface area contributed by atoms with Crippen LogP contribution in [0.15, 0.2) is 0 Å². The van der Waals surface area contributed by atoms with Gasteiger partial charge in [-0.3, -0.25) is 4.79 Å². The molecule has 0 aromatic rings. The number of hydrogen-bond donors (Lipinski definition) is 0. The maximum atomic E-state index is 12.6. The van der Waals surface area contributed by atoms with Gasteiger partial charge in [-0.25, -0.2) is 8.42 Å². The first-order valence-corrected chi connectivity index (χ1v) is 10.5. The van der Waals surface area contributed by atoms with Crippen LogP contribution in [0.4, 0.5) is 0 Å². The first-order chi connectivity index (χ1) is 10.5. The van der Waals surface area contributed by atoms with Gasteiger partial charge in [0.2, 0.25) is 5.91 Å². The van der Waals surface area contributed by atoms with E-state index in [4.69, 9.17) is 0 Å². The Morgan fingerprint density at radius 3 is 2.32 bits per heavy atom. The highest BCUT2D eigenvalue weighted by Crippen LogP contribution is 2.32. The number of sulfone groups is 1. The largest absolute Gasteiger partial charge is 0.339 e. The van der Waals surface area contributed by atoms with E-state index in [0.717, 1.165) is 32.0 Å². The van der Waals surface area contributed by atoms with Gasteiger partial charge in [0.25, 0.3) is 0 Å². The van der Waals surface area contributed by atoms with Gasteiger partial charge in [-0.1, -0.05) is 0 Å². The summed E-state index contributed by atoms with van der Waals surface area (Å²) in [4.78, 5) is 17.0. The van der Waals surface area contributed by atoms with Crippen LogP contribution in [0.2, 0.25) is 0 Å². The van der Waals surface area contributed by atoms with Crippen molar-refractivity contribution in [2.75, 3.05) is 31.1 Å². The molecule has 1 aliphatic carbocycles. The highest BCUT2D eigenvalue weighted by atomic mass is 32.2. The number of piperidine rings is 1. The third kappa shape index (κ3) is 3.82. The van der Waals surface area contributed by atoms with Gasteiger partial charge >= 0.3 is 0 Å². The molecule has 3 aliphatic rings. The molecule has 0 N–H and O–H groups in total. The van der Waals surface area contributed by atoms with Gasteiger partial charge in [0.1, 0.15) is 0 Å². The summed E-state index contributed by atoms with van der Waals surface area (Å²) in [5, 5.41) is 0. The number of likely N-dealkylation sites (tertiary alicyclic amines) is 1. The molecule has 1 atom stereocenters. The lowest BCUT2D eigenvalue weighted by atomic mass is 9.92. The van der Waals surface area contributed by atoms with Crippen molar-refractivity contribution in [3.05, 3.63) is 0 Å². The van der Waals surface area contributed by atoms with E-state index in [1.54, 1.807) is 0 Å². The van der Waals surface area contributed by atoms with Gasteiger partial charge in [-0.05, 0) is 58.0 Å². The molecule has 3 fully saturated rings. The van der Waals surface area contributed by atoms with Gasteiger partial charge in [0, 0.05) is 25.0 Å². The van der Waals surface area contributed by atoms with E-state index in [2.05, 4.69) is 4.90 Å². The molecule has 3 rings (SSSR count). The Bertz CT molecular complexity index is 507. The highest BCUT2D eigenvalue weighted by molar-refractivity contribution is 7.91. The van der Waals surface area contributed by atoms with E-state index in [-0.39, 0.29) is 23.5 Å². The van der Waals surface area contributed by atoms with Crippen LogP contribution in [-0.4, -0.2) is 67.3 Å². The second-order valence-electron chi connectivity index (χ2n) is 7.15. The molecule has 1 amide bonds. The minimum absolute atomic E-state index is 0.0888. The van der Waals surface area contributed by atoms with Gasteiger partial charge in [0.05, 0.1) is 11.5 Å². The topological polar surface area (TPSA) is 57.7 Å². The van der Waals surface area contributed by atoms with E-state index in [0.29, 0.717) is 25.3 Å². The number of hydrogen-bond acceptors (Lipinski definition) is 4. The highest BCUT2D eigenvalue weighted by Gasteiger charge is 2.36. The Morgan fingerprint density at radius 1 is 1.14 bits per heavy atom. The molecule has 1 unspecified atom stereocenters. The second kappa shape index (κ2) is 6.48. The maximum absolute atomic E-state index is 12.6. The van der Waals surface area contributed by atoms with Crippen LogP contribution in [0, 0.1) is 5.92 Å². The van der Waals surface area contributed by atoms with Crippen molar-refractivity contribution in [3.63, 3.8) is 0 Å². The van der Waals surface area contributed by atoms with Crippen LogP contribution >= 0.6 is 0 Å². The van der Waals surface area contributed by atoms with Crippen molar-refractivity contribution < 1.29 is 13.2 Å². The number of carbonyl (C=O) groups excluding carboxylic acids is 1. The van der Waals surface area contributed by atoms with Gasteiger partial charge in [-0.2, -0.15) is 0 Å². The second-order valence-corrected chi connectivity index (χ2v) is 9.38. The minimum Gasteiger partial charge on any atom is -0.339 e. The summed E-state index contributed by atoms with van der Waals surface area (Å²) < 4.78 is 23.3. The van der Waals surface area contributed by atoms with Crippen molar-refractivity contribution in [3.8, 4) is 0 Å². The van der Waals surface area contributed by atoms with Crippen LogP contribution < -0.4 is 0 Å². The molecule has 2 saturated heterocycles. The first kappa shape index (κ1) is 16.2. The Kier molecular flexibility index (Phi) is 4.78. The predicted molar refractivity (Wildman–Crippen MR) is 86.4 cm³/mol. The lowest BCUT2D eigenvalue weighted by Crippen LogP contribution is -2.43. The van der Waals surface area contributed by atoms with Crippen molar-refractivity contribution in [2.24, 2.45) is 5.92 Å². The molecule has 126 valence electrons. The molecular formula is C16H28N2O3S. The molecule has 5 nitrogen and oxygen atoms in total. The number of nitrogens with zero attached hydrogens (tertiary/aromatic N) is 2. The van der Waals surface area contributed by atoms with Crippen molar-refractivity contribution >= 4 is 15.7 Å². The van der Waals surface area contributed by atoms with Crippen LogP contribution in [-0.2, 0) is 14.6 Å². The SMILES string of the molecule is CCN(C(=O)CC1CCN(C2CC2)CC1)C1CCS(=O)(=O)C1. The Labute approximate surface area is 134 Å². The monoisotopic (exact) mass is 328 g/mol. The fourth-order valence-corrected chi connectivity index (χ4v) is 5.72. The van der Waals surface area contributed by atoms with Crippen molar-refractivity contribution in [2.45, 2.75) is 57.5 Å². The third-order valence-electron chi connectivity index (χ3n) is 5.49. The van der Waals surface area contributed by atoms with Crippen LogP contribution in [0.1, 0.15) is 45.4 Å². The van der Waals surface area contributed by atoms with E-state index < -0.39 is 9.84 Å². The summed E-state index contributed by atoms with van der Waals surface area (Å²) in [7, 11) is -2.93. The summed E-state index contributed by atoms with van der Waals surface area (Å²) in [6.45, 7) is 4.84. The Balaban J connectivity index is 1.49.